The molecule has 0 radical (unpaired) electrons. The Kier molecular flexibility index (Phi) is 6.02. The van der Waals surface area contributed by atoms with E-state index in [1.807, 2.05) is 62.4 Å². The maximum absolute atomic E-state index is 13.0. The molecule has 0 aliphatic carbocycles. The lowest BCUT2D eigenvalue weighted by atomic mass is 10.1. The molecular formula is C25H23N3O5S. The number of Topliss-reactive ketones (excluding diaryl/α,β-unsaturated/α-hetero) is 1. The molecule has 2 aromatic heterocycles. The number of hydrogen-bond donors (Lipinski definition) is 0. The molecule has 0 unspecified atom stereocenters. The van der Waals surface area contributed by atoms with Gasteiger partial charge in [-0.3, -0.25) is 4.79 Å². The number of benzene rings is 2. The van der Waals surface area contributed by atoms with Crippen molar-refractivity contribution in [1.82, 2.24) is 14.8 Å². The average molecular weight is 478 g/mol. The highest BCUT2D eigenvalue weighted by atomic mass is 32.2. The molecule has 0 atom stereocenters. The molecule has 1 aliphatic heterocycles. The Morgan fingerprint density at radius 3 is 2.76 bits per heavy atom. The van der Waals surface area contributed by atoms with E-state index in [0.29, 0.717) is 34.5 Å². The molecule has 0 saturated heterocycles. The van der Waals surface area contributed by atoms with Gasteiger partial charge in [-0.25, -0.2) is 0 Å². The van der Waals surface area contributed by atoms with Crippen LogP contribution in [0.3, 0.4) is 0 Å². The molecule has 9 heteroatoms. The van der Waals surface area contributed by atoms with Crippen molar-refractivity contribution in [2.45, 2.75) is 25.6 Å². The van der Waals surface area contributed by atoms with E-state index >= 15 is 0 Å². The van der Waals surface area contributed by atoms with Crippen LogP contribution < -0.4 is 14.2 Å². The first-order valence-corrected chi connectivity index (χ1v) is 11.7. The number of para-hydroxylation sites is 1. The van der Waals surface area contributed by atoms with Gasteiger partial charge >= 0.3 is 0 Å². The number of methoxy groups -OCH3 is 1. The molecule has 4 aromatic rings. The van der Waals surface area contributed by atoms with Crippen molar-refractivity contribution in [3.63, 3.8) is 0 Å². The molecule has 0 fully saturated rings. The molecule has 5 rings (SSSR count). The van der Waals surface area contributed by atoms with Crippen LogP contribution in [0, 0.1) is 13.8 Å². The van der Waals surface area contributed by atoms with E-state index < -0.39 is 0 Å². The fourth-order valence-corrected chi connectivity index (χ4v) is 4.60. The molecule has 1 aliphatic rings. The highest BCUT2D eigenvalue weighted by Gasteiger charge is 2.20. The highest BCUT2D eigenvalue weighted by Crippen LogP contribution is 2.33. The van der Waals surface area contributed by atoms with Crippen molar-refractivity contribution >= 4 is 17.5 Å². The Balaban J connectivity index is 1.27. The van der Waals surface area contributed by atoms with E-state index in [2.05, 4.69) is 14.8 Å². The fraction of sp³-hybridized carbons (Fsp3) is 0.240. The van der Waals surface area contributed by atoms with Gasteiger partial charge in [-0.2, -0.15) is 0 Å². The molecule has 0 spiro atoms. The lowest BCUT2D eigenvalue weighted by Crippen LogP contribution is -2.07. The second-order valence-electron chi connectivity index (χ2n) is 7.84. The number of rotatable bonds is 8. The van der Waals surface area contributed by atoms with Crippen molar-refractivity contribution in [2.24, 2.45) is 0 Å². The number of hydrogen-bond acceptors (Lipinski definition) is 8. The third-order valence-corrected chi connectivity index (χ3v) is 6.54. The number of aryl methyl sites for hydroxylation is 1. The van der Waals surface area contributed by atoms with Crippen LogP contribution in [-0.2, 0) is 6.54 Å². The second kappa shape index (κ2) is 9.26. The Morgan fingerprint density at radius 2 is 1.91 bits per heavy atom. The topological polar surface area (TPSA) is 88.6 Å². The van der Waals surface area contributed by atoms with E-state index in [0.717, 1.165) is 28.5 Å². The Hall–Kier alpha value is -3.72. The molecule has 0 amide bonds. The number of thioether (sulfide) groups is 1. The minimum atomic E-state index is 0.00655. The number of nitrogens with zero attached hydrogens (tertiary/aromatic N) is 3. The number of carbonyl (C=O) groups is 1. The van der Waals surface area contributed by atoms with Crippen LogP contribution in [-0.4, -0.2) is 40.2 Å². The number of aromatic nitrogens is 3. The minimum Gasteiger partial charge on any atom is -0.496 e. The summed E-state index contributed by atoms with van der Waals surface area (Å²) >= 11 is 1.22. The van der Waals surface area contributed by atoms with Crippen LogP contribution in [0.5, 0.6) is 17.2 Å². The van der Waals surface area contributed by atoms with Gasteiger partial charge in [0.05, 0.1) is 18.4 Å². The zero-order valence-corrected chi connectivity index (χ0v) is 19.8. The SMILES string of the molecule is COc1ccccc1-c1nnc(SCC(=O)c2cc(C)n(Cc3ccc4c(c3)OCO4)c2C)o1. The predicted octanol–water partition coefficient (Wildman–Crippen LogP) is 4.92. The largest absolute Gasteiger partial charge is 0.496 e. The van der Waals surface area contributed by atoms with E-state index in [4.69, 9.17) is 18.6 Å². The first-order valence-electron chi connectivity index (χ1n) is 10.7. The third kappa shape index (κ3) is 4.26. The second-order valence-corrected chi connectivity index (χ2v) is 8.77. The minimum absolute atomic E-state index is 0.00655. The third-order valence-electron chi connectivity index (χ3n) is 5.72. The van der Waals surface area contributed by atoms with Crippen molar-refractivity contribution < 1.29 is 23.4 Å². The molecule has 0 N–H and O–H groups in total. The van der Waals surface area contributed by atoms with Gasteiger partial charge in [-0.05, 0) is 49.7 Å². The van der Waals surface area contributed by atoms with Gasteiger partial charge in [0.1, 0.15) is 5.75 Å². The summed E-state index contributed by atoms with van der Waals surface area (Å²) in [5.41, 5.74) is 4.41. The van der Waals surface area contributed by atoms with E-state index in [9.17, 15) is 4.79 Å². The lowest BCUT2D eigenvalue weighted by Gasteiger charge is -2.10. The van der Waals surface area contributed by atoms with E-state index in [1.165, 1.54) is 11.8 Å². The highest BCUT2D eigenvalue weighted by molar-refractivity contribution is 7.99. The van der Waals surface area contributed by atoms with Crippen molar-refractivity contribution in [3.05, 3.63) is 71.0 Å². The summed E-state index contributed by atoms with van der Waals surface area (Å²) in [4.78, 5) is 13.0. The van der Waals surface area contributed by atoms with Crippen molar-refractivity contribution in [3.8, 4) is 28.7 Å². The normalized spacial score (nSPS) is 12.2. The van der Waals surface area contributed by atoms with Crippen LogP contribution >= 0.6 is 11.8 Å². The zero-order chi connectivity index (χ0) is 23.7. The maximum atomic E-state index is 13.0. The summed E-state index contributed by atoms with van der Waals surface area (Å²) in [6.45, 7) is 4.85. The van der Waals surface area contributed by atoms with Crippen LogP contribution in [0.15, 0.2) is 58.2 Å². The van der Waals surface area contributed by atoms with Gasteiger partial charge in [-0.1, -0.05) is 30.0 Å². The fourth-order valence-electron chi connectivity index (χ4n) is 3.95. The molecular weight excluding hydrogens is 454 g/mol. The number of carbonyl (C=O) groups excluding carboxylic acids is 1. The van der Waals surface area contributed by atoms with Gasteiger partial charge in [0, 0.05) is 23.5 Å². The summed E-state index contributed by atoms with van der Waals surface area (Å²) in [7, 11) is 1.59. The molecule has 34 heavy (non-hydrogen) atoms. The summed E-state index contributed by atoms with van der Waals surface area (Å²) in [5.74, 6) is 2.71. The summed E-state index contributed by atoms with van der Waals surface area (Å²) in [5, 5.41) is 8.51. The molecule has 174 valence electrons. The van der Waals surface area contributed by atoms with Gasteiger partial charge < -0.3 is 23.2 Å². The van der Waals surface area contributed by atoms with E-state index in [-0.39, 0.29) is 18.3 Å². The first-order chi connectivity index (χ1) is 16.5. The summed E-state index contributed by atoms with van der Waals surface area (Å²) in [6, 6.07) is 15.3. The van der Waals surface area contributed by atoms with Crippen molar-refractivity contribution in [2.75, 3.05) is 19.7 Å². The molecule has 2 aromatic carbocycles. The zero-order valence-electron chi connectivity index (χ0n) is 19.0. The van der Waals surface area contributed by atoms with Crippen molar-refractivity contribution in [1.29, 1.82) is 0 Å². The first kappa shape index (κ1) is 22.1. The van der Waals surface area contributed by atoms with E-state index in [1.54, 1.807) is 7.11 Å². The predicted molar refractivity (Wildman–Crippen MR) is 127 cm³/mol. The number of fused-ring (bicyclic) bond motifs is 1. The lowest BCUT2D eigenvalue weighted by molar-refractivity contribution is 0.102. The smallest absolute Gasteiger partial charge is 0.277 e. The molecule has 0 saturated carbocycles. The van der Waals surface area contributed by atoms with Crippen LogP contribution in [0.25, 0.3) is 11.5 Å². The van der Waals surface area contributed by atoms with Gasteiger partial charge in [0.2, 0.25) is 6.79 Å². The molecule has 8 nitrogen and oxygen atoms in total. The monoisotopic (exact) mass is 477 g/mol. The average Bonchev–Trinajstić information content (AvgIpc) is 3.58. The number of ether oxygens (including phenoxy) is 3. The Morgan fingerprint density at radius 1 is 1.09 bits per heavy atom. The number of ketones is 1. The Bertz CT molecular complexity index is 1360. The van der Waals surface area contributed by atoms with Gasteiger partial charge in [-0.15, -0.1) is 10.2 Å². The Labute approximate surface area is 200 Å². The van der Waals surface area contributed by atoms with Crippen LogP contribution in [0.1, 0.15) is 27.3 Å². The molecule has 3 heterocycles. The summed E-state index contributed by atoms with van der Waals surface area (Å²) < 4.78 is 24.1. The quantitative estimate of drug-likeness (QED) is 0.261. The van der Waals surface area contributed by atoms with Crippen LogP contribution in [0.2, 0.25) is 0 Å². The standard InChI is InChI=1S/C25H23N3O5S/c1-15-10-19(16(2)28(15)12-17-8-9-22-23(11-17)32-14-31-22)20(29)13-34-25-27-26-24(33-25)18-6-4-5-7-21(18)30-3/h4-11H,12-14H2,1-3H3. The maximum Gasteiger partial charge on any atom is 0.277 e. The summed E-state index contributed by atoms with van der Waals surface area (Å²) in [6.07, 6.45) is 0. The van der Waals surface area contributed by atoms with Gasteiger partial charge in [0.15, 0.2) is 17.3 Å². The molecule has 0 bridgehead atoms. The van der Waals surface area contributed by atoms with Gasteiger partial charge in [0.25, 0.3) is 11.1 Å². The van der Waals surface area contributed by atoms with Crippen LogP contribution in [0.4, 0.5) is 0 Å².